The lowest BCUT2D eigenvalue weighted by molar-refractivity contribution is -0.0498. The molecular weight excluding hydrogens is 357 g/mol. The lowest BCUT2D eigenvalue weighted by Gasteiger charge is -2.38. The summed E-state index contributed by atoms with van der Waals surface area (Å²) in [7, 11) is 0. The van der Waals surface area contributed by atoms with Crippen LogP contribution >= 0.6 is 24.8 Å². The first-order valence-corrected chi connectivity index (χ1v) is 8.23. The first kappa shape index (κ1) is 21.4. The van der Waals surface area contributed by atoms with Crippen LogP contribution in [0.4, 0.5) is 8.78 Å². The third kappa shape index (κ3) is 5.45. The number of alkyl halides is 2. The Balaban J connectivity index is 0.00000144. The first-order valence-electron chi connectivity index (χ1n) is 8.23. The second kappa shape index (κ2) is 10.4. The summed E-state index contributed by atoms with van der Waals surface area (Å²) in [4.78, 5) is 2.55. The molecule has 0 radical (unpaired) electrons. The van der Waals surface area contributed by atoms with Gasteiger partial charge in [-0.05, 0) is 36.5 Å². The maximum absolute atomic E-state index is 12.3. The lowest BCUT2D eigenvalue weighted by Crippen LogP contribution is -2.46. The highest BCUT2D eigenvalue weighted by molar-refractivity contribution is 5.85. The van der Waals surface area contributed by atoms with Crippen molar-refractivity contribution < 1.29 is 13.5 Å². The van der Waals surface area contributed by atoms with Crippen LogP contribution in [-0.4, -0.2) is 37.7 Å². The Morgan fingerprint density at radius 1 is 1.00 bits per heavy atom. The standard InChI is InChI=1S/C17H24F2N2O.2ClH/c18-17(19)22-15-7-5-14(6-8-15)16(13-3-1-2-4-13)21-11-9-20-10-12-21;;/h5-8,13,16-17,20H,1-4,9-12H2;2*1H/t16-;;/m1../s1. The topological polar surface area (TPSA) is 24.5 Å². The van der Waals surface area contributed by atoms with Gasteiger partial charge < -0.3 is 10.1 Å². The maximum atomic E-state index is 12.3. The molecule has 1 aromatic carbocycles. The number of nitrogens with zero attached hydrogens (tertiary/aromatic N) is 1. The molecule has 0 amide bonds. The van der Waals surface area contributed by atoms with Crippen LogP contribution in [0, 0.1) is 5.92 Å². The minimum Gasteiger partial charge on any atom is -0.435 e. The van der Waals surface area contributed by atoms with E-state index in [9.17, 15) is 8.78 Å². The molecule has 1 aliphatic heterocycles. The van der Waals surface area contributed by atoms with Gasteiger partial charge in [0, 0.05) is 32.2 Å². The summed E-state index contributed by atoms with van der Waals surface area (Å²) in [5.74, 6) is 0.921. The highest BCUT2D eigenvalue weighted by Gasteiger charge is 2.31. The second-order valence-electron chi connectivity index (χ2n) is 6.22. The Hall–Kier alpha value is -0.620. The zero-order valence-electron chi connectivity index (χ0n) is 13.6. The van der Waals surface area contributed by atoms with Gasteiger partial charge in [0.15, 0.2) is 0 Å². The molecule has 1 aromatic rings. The maximum Gasteiger partial charge on any atom is 0.387 e. The van der Waals surface area contributed by atoms with Gasteiger partial charge in [-0.3, -0.25) is 4.90 Å². The van der Waals surface area contributed by atoms with Crippen molar-refractivity contribution in [1.29, 1.82) is 0 Å². The molecule has 2 fully saturated rings. The molecule has 1 aliphatic carbocycles. The van der Waals surface area contributed by atoms with Crippen LogP contribution in [0.15, 0.2) is 24.3 Å². The number of benzene rings is 1. The summed E-state index contributed by atoms with van der Waals surface area (Å²) in [6.07, 6.45) is 5.15. The number of nitrogens with one attached hydrogen (secondary N) is 1. The van der Waals surface area contributed by atoms with Crippen LogP contribution in [0.1, 0.15) is 37.3 Å². The summed E-state index contributed by atoms with van der Waals surface area (Å²) in [6.45, 7) is 1.39. The summed E-state index contributed by atoms with van der Waals surface area (Å²) < 4.78 is 29.0. The molecule has 0 aromatic heterocycles. The van der Waals surface area contributed by atoms with E-state index in [4.69, 9.17) is 0 Å². The molecule has 1 N–H and O–H groups in total. The van der Waals surface area contributed by atoms with Crippen LogP contribution in [0.5, 0.6) is 5.75 Å². The smallest absolute Gasteiger partial charge is 0.387 e. The van der Waals surface area contributed by atoms with Crippen LogP contribution < -0.4 is 10.1 Å². The number of halogens is 4. The molecular formula is C17H26Cl2F2N2O. The fourth-order valence-electron chi connectivity index (χ4n) is 3.86. The molecule has 1 heterocycles. The van der Waals surface area contributed by atoms with Crippen molar-refractivity contribution in [3.8, 4) is 5.75 Å². The van der Waals surface area contributed by atoms with Gasteiger partial charge >= 0.3 is 6.61 Å². The van der Waals surface area contributed by atoms with Crippen molar-refractivity contribution in [3.05, 3.63) is 29.8 Å². The van der Waals surface area contributed by atoms with E-state index < -0.39 is 6.61 Å². The second-order valence-corrected chi connectivity index (χ2v) is 6.22. The van der Waals surface area contributed by atoms with Gasteiger partial charge in [-0.15, -0.1) is 24.8 Å². The van der Waals surface area contributed by atoms with E-state index in [1.807, 2.05) is 12.1 Å². The molecule has 1 saturated carbocycles. The molecule has 1 atom stereocenters. The van der Waals surface area contributed by atoms with Crippen molar-refractivity contribution in [1.82, 2.24) is 10.2 Å². The quantitative estimate of drug-likeness (QED) is 0.822. The predicted octanol–water partition coefficient (Wildman–Crippen LogP) is 4.27. The number of hydrogen-bond acceptors (Lipinski definition) is 3. The largest absolute Gasteiger partial charge is 0.435 e. The van der Waals surface area contributed by atoms with Gasteiger partial charge in [-0.1, -0.05) is 25.0 Å². The van der Waals surface area contributed by atoms with Crippen LogP contribution in [0.3, 0.4) is 0 Å². The van der Waals surface area contributed by atoms with Crippen LogP contribution in [0.2, 0.25) is 0 Å². The highest BCUT2D eigenvalue weighted by Crippen LogP contribution is 2.40. The van der Waals surface area contributed by atoms with Gasteiger partial charge in [-0.25, -0.2) is 0 Å². The molecule has 138 valence electrons. The zero-order chi connectivity index (χ0) is 15.4. The first-order chi connectivity index (χ1) is 10.7. The van der Waals surface area contributed by atoms with Gasteiger partial charge in [0.2, 0.25) is 0 Å². The van der Waals surface area contributed by atoms with E-state index in [0.717, 1.165) is 26.2 Å². The lowest BCUT2D eigenvalue weighted by atomic mass is 9.89. The monoisotopic (exact) mass is 382 g/mol. The molecule has 1 saturated heterocycles. The Kier molecular flexibility index (Phi) is 9.27. The SMILES string of the molecule is Cl.Cl.FC(F)Oc1ccc([C@@H](C2CCCC2)N2CCNCC2)cc1. The fraction of sp³-hybridized carbons (Fsp3) is 0.647. The molecule has 0 unspecified atom stereocenters. The van der Waals surface area contributed by atoms with Gasteiger partial charge in [0.1, 0.15) is 5.75 Å². The minimum atomic E-state index is -2.76. The summed E-state index contributed by atoms with van der Waals surface area (Å²) in [5.41, 5.74) is 1.23. The van der Waals surface area contributed by atoms with Crippen molar-refractivity contribution in [2.45, 2.75) is 38.3 Å². The fourth-order valence-corrected chi connectivity index (χ4v) is 3.86. The van der Waals surface area contributed by atoms with Gasteiger partial charge in [0.05, 0.1) is 0 Å². The van der Waals surface area contributed by atoms with Gasteiger partial charge in [-0.2, -0.15) is 8.78 Å². The molecule has 24 heavy (non-hydrogen) atoms. The molecule has 7 heteroatoms. The Labute approximate surface area is 154 Å². The van der Waals surface area contributed by atoms with E-state index in [-0.39, 0.29) is 30.6 Å². The number of rotatable bonds is 5. The number of hydrogen-bond donors (Lipinski definition) is 1. The molecule has 0 spiro atoms. The molecule has 3 nitrogen and oxygen atoms in total. The average molecular weight is 383 g/mol. The molecule has 0 bridgehead atoms. The molecule has 2 aliphatic rings. The third-order valence-corrected chi connectivity index (χ3v) is 4.84. The highest BCUT2D eigenvalue weighted by atomic mass is 35.5. The van der Waals surface area contributed by atoms with Crippen LogP contribution in [0.25, 0.3) is 0 Å². The van der Waals surface area contributed by atoms with Crippen molar-refractivity contribution >= 4 is 24.8 Å². The Morgan fingerprint density at radius 3 is 2.12 bits per heavy atom. The molecule has 3 rings (SSSR count). The van der Waals surface area contributed by atoms with Crippen molar-refractivity contribution in [3.63, 3.8) is 0 Å². The van der Waals surface area contributed by atoms with E-state index in [1.165, 1.54) is 31.2 Å². The van der Waals surface area contributed by atoms with Gasteiger partial charge in [0.25, 0.3) is 0 Å². The normalized spacial score (nSPS) is 20.3. The minimum absolute atomic E-state index is 0. The summed E-state index contributed by atoms with van der Waals surface area (Å²) in [6, 6.07) is 7.67. The average Bonchev–Trinajstić information content (AvgIpc) is 3.04. The van der Waals surface area contributed by atoms with Crippen LogP contribution in [-0.2, 0) is 0 Å². The van der Waals surface area contributed by atoms with Crippen molar-refractivity contribution in [2.75, 3.05) is 26.2 Å². The van der Waals surface area contributed by atoms with Crippen molar-refractivity contribution in [2.24, 2.45) is 5.92 Å². The Bertz CT molecular complexity index is 464. The van der Waals surface area contributed by atoms with E-state index >= 15 is 0 Å². The zero-order valence-corrected chi connectivity index (χ0v) is 15.3. The Morgan fingerprint density at radius 2 is 1.58 bits per heavy atom. The van der Waals surface area contributed by atoms with E-state index in [0.29, 0.717) is 12.0 Å². The summed E-state index contributed by atoms with van der Waals surface area (Å²) in [5, 5.41) is 3.40. The number of ether oxygens (including phenoxy) is 1. The number of piperazine rings is 1. The summed E-state index contributed by atoms with van der Waals surface area (Å²) >= 11 is 0. The predicted molar refractivity (Wildman–Crippen MR) is 96.7 cm³/mol. The van der Waals surface area contributed by atoms with E-state index in [2.05, 4.69) is 15.0 Å². The third-order valence-electron chi connectivity index (χ3n) is 4.84. The van der Waals surface area contributed by atoms with E-state index in [1.54, 1.807) is 12.1 Å².